The molecule has 0 spiro atoms. The van der Waals surface area contributed by atoms with Crippen molar-refractivity contribution in [1.82, 2.24) is 0 Å². The zero-order valence-electron chi connectivity index (χ0n) is 22.8. The number of fused-ring (bicyclic) bond motifs is 5. The first kappa shape index (κ1) is 24.8. The number of hydrogen-bond donors (Lipinski definition) is 0. The fourth-order valence-electron chi connectivity index (χ4n) is 10.5. The number of rotatable bonds is 6. The smallest absolute Gasteiger partial charge is 0.0625 e. The Morgan fingerprint density at radius 2 is 1.59 bits per heavy atom. The summed E-state index contributed by atoms with van der Waals surface area (Å²) in [6.45, 7) is 17.6. The molecule has 32 heavy (non-hydrogen) atoms. The molecular formula is C31H54O. The zero-order valence-corrected chi connectivity index (χ0v) is 22.8. The molecule has 0 bridgehead atoms. The van der Waals surface area contributed by atoms with E-state index in [0.717, 1.165) is 35.5 Å². The van der Waals surface area contributed by atoms with Gasteiger partial charge < -0.3 is 4.74 Å². The molecule has 0 aromatic carbocycles. The first-order valence-electron chi connectivity index (χ1n) is 14.2. The van der Waals surface area contributed by atoms with Gasteiger partial charge in [-0.3, -0.25) is 0 Å². The van der Waals surface area contributed by atoms with Crippen LogP contribution in [-0.4, -0.2) is 13.2 Å². The minimum Gasteiger partial charge on any atom is -0.381 e. The molecule has 4 aliphatic carbocycles. The Morgan fingerprint density at radius 3 is 2.28 bits per heavy atom. The summed E-state index contributed by atoms with van der Waals surface area (Å²) in [6, 6.07) is 0. The summed E-state index contributed by atoms with van der Waals surface area (Å²) >= 11 is 0. The lowest BCUT2D eigenvalue weighted by Gasteiger charge is -2.65. The molecule has 9 unspecified atom stereocenters. The third-order valence-corrected chi connectivity index (χ3v) is 12.0. The summed E-state index contributed by atoms with van der Waals surface area (Å²) in [5, 5.41) is 0. The summed E-state index contributed by atoms with van der Waals surface area (Å²) in [6.07, 6.45) is 18.6. The number of ether oxygens (including phenoxy) is 1. The second kappa shape index (κ2) is 9.05. The van der Waals surface area contributed by atoms with Crippen molar-refractivity contribution in [3.63, 3.8) is 0 Å². The monoisotopic (exact) mass is 442 g/mol. The van der Waals surface area contributed by atoms with Gasteiger partial charge in [0.25, 0.3) is 0 Å². The van der Waals surface area contributed by atoms with Crippen LogP contribution in [0.15, 0.2) is 11.6 Å². The van der Waals surface area contributed by atoms with Gasteiger partial charge in [0.1, 0.15) is 0 Å². The van der Waals surface area contributed by atoms with Crippen molar-refractivity contribution in [3.05, 3.63) is 11.6 Å². The Bertz CT molecular complexity index is 687. The lowest BCUT2D eigenvalue weighted by Crippen LogP contribution is -2.59. The largest absolute Gasteiger partial charge is 0.381 e. The van der Waals surface area contributed by atoms with Crippen LogP contribution in [0.5, 0.6) is 0 Å². The molecule has 0 amide bonds. The Hall–Kier alpha value is -0.300. The van der Waals surface area contributed by atoms with Crippen molar-refractivity contribution >= 4 is 0 Å². The minimum atomic E-state index is 0.325. The van der Waals surface area contributed by atoms with Crippen LogP contribution in [0.3, 0.4) is 0 Å². The van der Waals surface area contributed by atoms with Crippen molar-refractivity contribution < 1.29 is 4.74 Å². The third kappa shape index (κ3) is 3.95. The van der Waals surface area contributed by atoms with Gasteiger partial charge in [-0.2, -0.15) is 0 Å². The van der Waals surface area contributed by atoms with Gasteiger partial charge >= 0.3 is 0 Å². The predicted octanol–water partition coefficient (Wildman–Crippen LogP) is 9.07. The van der Waals surface area contributed by atoms with E-state index in [2.05, 4.69) is 54.5 Å². The van der Waals surface area contributed by atoms with Crippen LogP contribution in [0.4, 0.5) is 0 Å². The highest BCUT2D eigenvalue weighted by molar-refractivity contribution is 5.12. The van der Waals surface area contributed by atoms with E-state index in [0.29, 0.717) is 22.3 Å². The van der Waals surface area contributed by atoms with Gasteiger partial charge in [-0.05, 0) is 130 Å². The molecule has 0 aromatic heterocycles. The molecule has 4 fully saturated rings. The fourth-order valence-corrected chi connectivity index (χ4v) is 10.5. The molecule has 184 valence electrons. The standard InChI is InChI=1S/C31H54O/c1-21(2)11-9-10-12-22(3)24-14-15-25-23-13-16-27-29(4,5)28(32-8)18-20-31(27,7)26(23)17-19-30(24,25)6/h11,22-28H,9-10,12-20H2,1-8H3. The second-order valence-corrected chi connectivity index (χ2v) is 14.0. The molecule has 9 atom stereocenters. The molecule has 1 heteroatoms. The maximum atomic E-state index is 6.01. The summed E-state index contributed by atoms with van der Waals surface area (Å²) in [7, 11) is 1.95. The number of allylic oxidation sites excluding steroid dienone is 2. The van der Waals surface area contributed by atoms with Crippen molar-refractivity contribution in [2.24, 2.45) is 51.8 Å². The number of unbranched alkanes of at least 4 members (excludes halogenated alkanes) is 1. The van der Waals surface area contributed by atoms with Gasteiger partial charge in [-0.25, -0.2) is 0 Å². The van der Waals surface area contributed by atoms with Gasteiger partial charge in [-0.15, -0.1) is 0 Å². The third-order valence-electron chi connectivity index (χ3n) is 12.0. The summed E-state index contributed by atoms with van der Waals surface area (Å²) in [5.74, 6) is 5.65. The van der Waals surface area contributed by atoms with Crippen molar-refractivity contribution in [2.45, 2.75) is 125 Å². The fraction of sp³-hybridized carbons (Fsp3) is 0.935. The van der Waals surface area contributed by atoms with Gasteiger partial charge in [0.15, 0.2) is 0 Å². The van der Waals surface area contributed by atoms with Crippen LogP contribution in [0.25, 0.3) is 0 Å². The molecule has 0 radical (unpaired) electrons. The molecule has 0 saturated heterocycles. The van der Waals surface area contributed by atoms with E-state index in [1.54, 1.807) is 0 Å². The maximum Gasteiger partial charge on any atom is 0.0625 e. The van der Waals surface area contributed by atoms with E-state index in [1.165, 1.54) is 76.2 Å². The first-order valence-corrected chi connectivity index (χ1v) is 14.2. The Labute approximate surface area is 200 Å². The van der Waals surface area contributed by atoms with Crippen LogP contribution in [0, 0.1) is 51.8 Å². The molecule has 0 aromatic rings. The van der Waals surface area contributed by atoms with E-state index < -0.39 is 0 Å². The molecule has 4 aliphatic rings. The van der Waals surface area contributed by atoms with Crippen LogP contribution >= 0.6 is 0 Å². The van der Waals surface area contributed by atoms with Crippen LogP contribution in [0.2, 0.25) is 0 Å². The Morgan fingerprint density at radius 1 is 0.906 bits per heavy atom. The Kier molecular flexibility index (Phi) is 7.02. The number of methoxy groups -OCH3 is 1. The highest BCUT2D eigenvalue weighted by Gasteiger charge is 2.63. The minimum absolute atomic E-state index is 0.325. The van der Waals surface area contributed by atoms with Crippen LogP contribution < -0.4 is 0 Å². The molecular weight excluding hydrogens is 388 g/mol. The summed E-state index contributed by atoms with van der Waals surface area (Å²) in [5.41, 5.74) is 2.96. The van der Waals surface area contributed by atoms with Crippen molar-refractivity contribution in [2.75, 3.05) is 7.11 Å². The predicted molar refractivity (Wildman–Crippen MR) is 138 cm³/mol. The van der Waals surface area contributed by atoms with E-state index >= 15 is 0 Å². The van der Waals surface area contributed by atoms with Crippen LogP contribution in [-0.2, 0) is 4.74 Å². The van der Waals surface area contributed by atoms with Crippen molar-refractivity contribution in [1.29, 1.82) is 0 Å². The average molecular weight is 443 g/mol. The van der Waals surface area contributed by atoms with E-state index in [1.807, 2.05) is 7.11 Å². The highest BCUT2D eigenvalue weighted by Crippen LogP contribution is 2.70. The molecule has 1 nitrogen and oxygen atoms in total. The topological polar surface area (TPSA) is 9.23 Å². The van der Waals surface area contributed by atoms with E-state index in [9.17, 15) is 0 Å². The zero-order chi connectivity index (χ0) is 23.3. The first-order chi connectivity index (χ1) is 15.1. The van der Waals surface area contributed by atoms with Crippen molar-refractivity contribution in [3.8, 4) is 0 Å². The van der Waals surface area contributed by atoms with E-state index in [4.69, 9.17) is 4.74 Å². The SMILES string of the molecule is COC1CCC2(C)C3CCC4(C)C(C(C)CCCC=C(C)C)CCC4C3CCC2C1(C)C. The lowest BCUT2D eigenvalue weighted by molar-refractivity contribution is -0.185. The Balaban J connectivity index is 1.48. The van der Waals surface area contributed by atoms with Gasteiger partial charge in [0, 0.05) is 7.11 Å². The second-order valence-electron chi connectivity index (χ2n) is 14.0. The van der Waals surface area contributed by atoms with Gasteiger partial charge in [0.2, 0.25) is 0 Å². The van der Waals surface area contributed by atoms with Crippen LogP contribution in [0.1, 0.15) is 119 Å². The highest BCUT2D eigenvalue weighted by atomic mass is 16.5. The normalized spacial score (nSPS) is 46.0. The van der Waals surface area contributed by atoms with Gasteiger partial charge in [0.05, 0.1) is 6.10 Å². The van der Waals surface area contributed by atoms with E-state index in [-0.39, 0.29) is 0 Å². The lowest BCUT2D eigenvalue weighted by atomic mass is 9.41. The average Bonchev–Trinajstić information content (AvgIpc) is 3.08. The molecule has 0 N–H and O–H groups in total. The summed E-state index contributed by atoms with van der Waals surface area (Å²) in [4.78, 5) is 0. The maximum absolute atomic E-state index is 6.01. The molecule has 4 rings (SSSR count). The van der Waals surface area contributed by atoms with Gasteiger partial charge in [-0.1, -0.05) is 52.7 Å². The number of hydrogen-bond acceptors (Lipinski definition) is 1. The molecule has 4 saturated carbocycles. The molecule has 0 heterocycles. The quantitative estimate of drug-likeness (QED) is 0.294. The summed E-state index contributed by atoms with van der Waals surface area (Å²) < 4.78 is 6.01. The molecule has 0 aliphatic heterocycles.